The van der Waals surface area contributed by atoms with Crippen molar-refractivity contribution >= 4 is 5.97 Å². The Labute approximate surface area is 123 Å². The number of hydrogen-bond donors (Lipinski definition) is 1. The Morgan fingerprint density at radius 1 is 1.62 bits per heavy atom. The van der Waals surface area contributed by atoms with Crippen molar-refractivity contribution in [3.8, 4) is 6.07 Å². The number of ether oxygens (including phenoxy) is 1. The second kappa shape index (κ2) is 7.16. The van der Waals surface area contributed by atoms with Crippen molar-refractivity contribution in [1.29, 1.82) is 5.26 Å². The van der Waals surface area contributed by atoms with Gasteiger partial charge in [-0.15, -0.1) is 0 Å². The van der Waals surface area contributed by atoms with Gasteiger partial charge < -0.3 is 10.1 Å². The van der Waals surface area contributed by atoms with Crippen LogP contribution in [0.2, 0.25) is 0 Å². The fourth-order valence-electron chi connectivity index (χ4n) is 2.43. The molecule has 1 aromatic carbocycles. The number of esters is 1. The van der Waals surface area contributed by atoms with Crippen LogP contribution >= 0.6 is 0 Å². The van der Waals surface area contributed by atoms with Gasteiger partial charge in [-0.05, 0) is 30.7 Å². The Morgan fingerprint density at radius 3 is 3.14 bits per heavy atom. The Hall–Kier alpha value is -1.97. The van der Waals surface area contributed by atoms with Crippen LogP contribution in [0.25, 0.3) is 0 Å². The molecule has 1 fully saturated rings. The first kappa shape index (κ1) is 15.4. The van der Waals surface area contributed by atoms with Crippen LogP contribution in [0.15, 0.2) is 18.2 Å². The highest BCUT2D eigenvalue weighted by molar-refractivity contribution is 5.76. The molecule has 1 N–H and O–H groups in total. The van der Waals surface area contributed by atoms with Crippen molar-refractivity contribution in [2.24, 2.45) is 0 Å². The molecular weight excluding hydrogens is 273 g/mol. The third-order valence-corrected chi connectivity index (χ3v) is 3.47. The number of hydrogen-bond acceptors (Lipinski definition) is 5. The molecule has 6 heteroatoms. The lowest BCUT2D eigenvalue weighted by atomic mass is 10.1. The molecule has 0 amide bonds. The van der Waals surface area contributed by atoms with Crippen molar-refractivity contribution in [1.82, 2.24) is 10.2 Å². The molecule has 1 aliphatic rings. The van der Waals surface area contributed by atoms with Gasteiger partial charge >= 0.3 is 5.97 Å². The van der Waals surface area contributed by atoms with Gasteiger partial charge in [0.15, 0.2) is 0 Å². The van der Waals surface area contributed by atoms with Gasteiger partial charge in [0, 0.05) is 26.2 Å². The SMILES string of the molecule is CCOC(=O)C1CNCCN1Cc1cc(F)ccc1C#N. The van der Waals surface area contributed by atoms with Gasteiger partial charge in [0.2, 0.25) is 0 Å². The quantitative estimate of drug-likeness (QED) is 0.840. The van der Waals surface area contributed by atoms with Crippen molar-refractivity contribution in [2.75, 3.05) is 26.2 Å². The summed E-state index contributed by atoms with van der Waals surface area (Å²) in [6.45, 7) is 4.32. The van der Waals surface area contributed by atoms with Gasteiger partial charge in [0.25, 0.3) is 0 Å². The van der Waals surface area contributed by atoms with E-state index in [0.29, 0.717) is 37.4 Å². The molecule has 1 heterocycles. The molecule has 5 nitrogen and oxygen atoms in total. The van der Waals surface area contributed by atoms with E-state index in [1.54, 1.807) is 6.92 Å². The van der Waals surface area contributed by atoms with Gasteiger partial charge in [-0.25, -0.2) is 4.39 Å². The number of carbonyl (C=O) groups excluding carboxylic acids is 1. The predicted octanol–water partition coefficient (Wildman–Crippen LogP) is 1.03. The second-order valence-corrected chi connectivity index (χ2v) is 4.86. The Morgan fingerprint density at radius 2 is 2.43 bits per heavy atom. The highest BCUT2D eigenvalue weighted by atomic mass is 19.1. The zero-order valence-corrected chi connectivity index (χ0v) is 11.9. The number of carbonyl (C=O) groups is 1. The average Bonchev–Trinajstić information content (AvgIpc) is 2.48. The van der Waals surface area contributed by atoms with Gasteiger partial charge in [0.05, 0.1) is 18.2 Å². The Kier molecular flexibility index (Phi) is 5.26. The summed E-state index contributed by atoms with van der Waals surface area (Å²) in [4.78, 5) is 13.9. The first-order valence-electron chi connectivity index (χ1n) is 6.95. The zero-order chi connectivity index (χ0) is 15.2. The van der Waals surface area contributed by atoms with Crippen LogP contribution in [-0.4, -0.2) is 43.2 Å². The smallest absolute Gasteiger partial charge is 0.324 e. The largest absolute Gasteiger partial charge is 0.465 e. The molecule has 0 aromatic heterocycles. The molecule has 0 spiro atoms. The van der Waals surface area contributed by atoms with Gasteiger partial charge in [-0.2, -0.15) is 5.26 Å². The van der Waals surface area contributed by atoms with E-state index in [-0.39, 0.29) is 11.8 Å². The van der Waals surface area contributed by atoms with E-state index in [4.69, 9.17) is 10.00 Å². The van der Waals surface area contributed by atoms with Gasteiger partial charge in [0.1, 0.15) is 11.9 Å². The molecule has 1 aromatic rings. The van der Waals surface area contributed by atoms with Crippen LogP contribution in [0.3, 0.4) is 0 Å². The minimum absolute atomic E-state index is 0.292. The summed E-state index contributed by atoms with van der Waals surface area (Å²) < 4.78 is 18.5. The highest BCUT2D eigenvalue weighted by Crippen LogP contribution is 2.16. The van der Waals surface area contributed by atoms with E-state index in [1.165, 1.54) is 18.2 Å². The summed E-state index contributed by atoms with van der Waals surface area (Å²) in [5.41, 5.74) is 1.02. The summed E-state index contributed by atoms with van der Waals surface area (Å²) in [7, 11) is 0. The maximum atomic E-state index is 13.4. The molecular formula is C15H18FN3O2. The maximum absolute atomic E-state index is 13.4. The van der Waals surface area contributed by atoms with Crippen LogP contribution < -0.4 is 5.32 Å². The highest BCUT2D eigenvalue weighted by Gasteiger charge is 2.30. The molecule has 0 radical (unpaired) electrons. The lowest BCUT2D eigenvalue weighted by Gasteiger charge is -2.34. The molecule has 21 heavy (non-hydrogen) atoms. The average molecular weight is 291 g/mol. The second-order valence-electron chi connectivity index (χ2n) is 4.86. The lowest BCUT2D eigenvalue weighted by molar-refractivity contribution is -0.150. The van der Waals surface area contributed by atoms with Gasteiger partial charge in [-0.1, -0.05) is 0 Å². The van der Waals surface area contributed by atoms with Crippen molar-refractivity contribution < 1.29 is 13.9 Å². The van der Waals surface area contributed by atoms with Crippen molar-refractivity contribution in [3.05, 3.63) is 35.1 Å². The van der Waals surface area contributed by atoms with Crippen molar-refractivity contribution in [3.63, 3.8) is 0 Å². The first-order valence-corrected chi connectivity index (χ1v) is 6.95. The number of halogens is 1. The predicted molar refractivity (Wildman–Crippen MR) is 74.8 cm³/mol. The van der Waals surface area contributed by atoms with Gasteiger partial charge in [-0.3, -0.25) is 9.69 Å². The fraction of sp³-hybridized carbons (Fsp3) is 0.467. The standard InChI is InChI=1S/C15H18FN3O2/c1-2-21-15(20)14-9-18-5-6-19(14)10-12-7-13(16)4-3-11(12)8-17/h3-4,7,14,18H,2,5-6,9-10H2,1H3. The summed E-state index contributed by atoms with van der Waals surface area (Å²) in [5, 5.41) is 12.3. The lowest BCUT2D eigenvalue weighted by Crippen LogP contribution is -2.54. The molecule has 2 rings (SSSR count). The summed E-state index contributed by atoms with van der Waals surface area (Å²) in [6, 6.07) is 5.73. The van der Waals surface area contributed by atoms with Crippen molar-refractivity contribution in [2.45, 2.75) is 19.5 Å². The maximum Gasteiger partial charge on any atom is 0.324 e. The Bertz CT molecular complexity index is 556. The summed E-state index contributed by atoms with van der Waals surface area (Å²) in [6.07, 6.45) is 0. The minimum atomic E-state index is -0.409. The zero-order valence-electron chi connectivity index (χ0n) is 11.9. The van der Waals surface area contributed by atoms with E-state index in [9.17, 15) is 9.18 Å². The number of nitrogens with zero attached hydrogens (tertiary/aromatic N) is 2. The summed E-state index contributed by atoms with van der Waals surface area (Å²) >= 11 is 0. The monoisotopic (exact) mass is 291 g/mol. The molecule has 1 aliphatic heterocycles. The van der Waals surface area contributed by atoms with E-state index >= 15 is 0 Å². The van der Waals surface area contributed by atoms with Crippen LogP contribution in [0.4, 0.5) is 4.39 Å². The topological polar surface area (TPSA) is 65.4 Å². The Balaban J connectivity index is 2.18. The number of nitrogens with one attached hydrogen (secondary N) is 1. The molecule has 1 saturated heterocycles. The molecule has 0 bridgehead atoms. The minimum Gasteiger partial charge on any atom is -0.465 e. The third kappa shape index (κ3) is 3.78. The van der Waals surface area contributed by atoms with E-state index < -0.39 is 6.04 Å². The fourth-order valence-corrected chi connectivity index (χ4v) is 2.43. The molecule has 1 unspecified atom stereocenters. The van der Waals surface area contributed by atoms with Crippen LogP contribution in [0.5, 0.6) is 0 Å². The van der Waals surface area contributed by atoms with Crippen LogP contribution in [-0.2, 0) is 16.1 Å². The van der Waals surface area contributed by atoms with E-state index in [2.05, 4.69) is 11.4 Å². The summed E-state index contributed by atoms with van der Waals surface area (Å²) in [5.74, 6) is -0.675. The van der Waals surface area contributed by atoms with Crippen LogP contribution in [0.1, 0.15) is 18.1 Å². The van der Waals surface area contributed by atoms with E-state index in [1.807, 2.05) is 4.90 Å². The first-order chi connectivity index (χ1) is 10.2. The molecule has 0 saturated carbocycles. The number of piperazine rings is 1. The third-order valence-electron chi connectivity index (χ3n) is 3.47. The number of benzene rings is 1. The molecule has 112 valence electrons. The molecule has 1 atom stereocenters. The molecule has 0 aliphatic carbocycles. The van der Waals surface area contributed by atoms with Crippen LogP contribution in [0, 0.1) is 17.1 Å². The van der Waals surface area contributed by atoms with E-state index in [0.717, 1.165) is 6.54 Å². The normalized spacial score (nSPS) is 19.0. The number of nitriles is 1. The number of rotatable bonds is 4.